The van der Waals surface area contributed by atoms with E-state index in [2.05, 4.69) is 11.8 Å². The Morgan fingerprint density at radius 2 is 2.00 bits per heavy atom. The van der Waals surface area contributed by atoms with E-state index in [4.69, 9.17) is 13.7 Å². The third-order valence-electron chi connectivity index (χ3n) is 3.83. The summed E-state index contributed by atoms with van der Waals surface area (Å²) in [5, 5.41) is 0. The van der Waals surface area contributed by atoms with Crippen LogP contribution in [-0.2, 0) is 20.8 Å². The van der Waals surface area contributed by atoms with Crippen molar-refractivity contribution in [2.24, 2.45) is 0 Å². The molecule has 1 aliphatic heterocycles. The Bertz CT molecular complexity index is 709. The molecule has 0 bridgehead atoms. The van der Waals surface area contributed by atoms with E-state index in [1.54, 1.807) is 47.3 Å². The number of methoxy groups -OCH3 is 1. The van der Waals surface area contributed by atoms with E-state index in [0.717, 1.165) is 5.75 Å². The van der Waals surface area contributed by atoms with Crippen molar-refractivity contribution in [2.75, 3.05) is 26.0 Å². The molecule has 1 heterocycles. The third-order valence-corrected chi connectivity index (χ3v) is 6.29. The van der Waals surface area contributed by atoms with Crippen molar-refractivity contribution in [3.63, 3.8) is 0 Å². The lowest BCUT2D eigenvalue weighted by molar-refractivity contribution is -0.146. The molecule has 1 aromatic carbocycles. The number of thioether (sulfide) groups is 1. The number of carbonyl (C=O) groups excluding carboxylic acids is 1. The number of hydrogen-bond donors (Lipinski definition) is 0. The zero-order valence-electron chi connectivity index (χ0n) is 15.3. The van der Waals surface area contributed by atoms with Gasteiger partial charge >= 0.3 is 5.97 Å². The lowest BCUT2D eigenvalue weighted by atomic mass is 10.0. The maximum absolute atomic E-state index is 12.7. The van der Waals surface area contributed by atoms with Gasteiger partial charge in [-0.05, 0) is 45.0 Å². The Balaban J connectivity index is 2.07. The predicted octanol–water partition coefficient (Wildman–Crippen LogP) is 2.42. The van der Waals surface area contributed by atoms with Gasteiger partial charge in [-0.1, -0.05) is 5.92 Å². The quantitative estimate of drug-likeness (QED) is 0.543. The Kier molecular flexibility index (Phi) is 7.38. The highest BCUT2D eigenvalue weighted by Crippen LogP contribution is 2.37. The number of hydrogen-bond acceptors (Lipinski definition) is 6. The molecule has 1 aliphatic rings. The average molecular weight is 398 g/mol. The third kappa shape index (κ3) is 5.16. The zero-order chi connectivity index (χ0) is 19.2. The predicted molar refractivity (Wildman–Crippen MR) is 103 cm³/mol. The second kappa shape index (κ2) is 9.31. The van der Waals surface area contributed by atoms with Gasteiger partial charge in [-0.3, -0.25) is 4.79 Å². The highest BCUT2D eigenvalue weighted by atomic mass is 32.2. The van der Waals surface area contributed by atoms with Gasteiger partial charge in [0.15, 0.2) is 0 Å². The van der Waals surface area contributed by atoms with Crippen LogP contribution in [0, 0.1) is 11.8 Å². The summed E-state index contributed by atoms with van der Waals surface area (Å²) in [4.78, 5) is 12.2. The molecule has 0 spiro atoms. The Morgan fingerprint density at radius 1 is 1.35 bits per heavy atom. The molecule has 26 heavy (non-hydrogen) atoms. The molecule has 2 rings (SSSR count). The van der Waals surface area contributed by atoms with Crippen LogP contribution < -0.4 is 8.92 Å². The second-order valence-corrected chi connectivity index (χ2v) is 8.82. The van der Waals surface area contributed by atoms with Crippen LogP contribution in [0.5, 0.6) is 11.5 Å². The number of benzene rings is 1. The topological polar surface area (TPSA) is 65.1 Å². The maximum Gasteiger partial charge on any atom is 0.325 e. The van der Waals surface area contributed by atoms with Crippen molar-refractivity contribution < 1.29 is 22.7 Å². The molecule has 2 unspecified atom stereocenters. The fourth-order valence-electron chi connectivity index (χ4n) is 2.54. The molecule has 0 aliphatic carbocycles. The molecule has 1 fully saturated rings. The fourth-order valence-corrected chi connectivity index (χ4v) is 5.05. The minimum absolute atomic E-state index is 0.309. The van der Waals surface area contributed by atoms with Crippen molar-refractivity contribution >= 4 is 29.0 Å². The molecule has 142 valence electrons. The lowest BCUT2D eigenvalue weighted by Crippen LogP contribution is -2.58. The van der Waals surface area contributed by atoms with E-state index in [1.165, 1.54) is 7.11 Å². The first-order valence-electron chi connectivity index (χ1n) is 8.10. The molecule has 1 saturated heterocycles. The smallest absolute Gasteiger partial charge is 0.325 e. The van der Waals surface area contributed by atoms with Gasteiger partial charge in [-0.25, -0.2) is 0 Å². The molecule has 0 aromatic heterocycles. The van der Waals surface area contributed by atoms with E-state index < -0.39 is 28.0 Å². The first-order chi connectivity index (χ1) is 12.4. The highest BCUT2D eigenvalue weighted by molar-refractivity contribution is 8.00. The molecular formula is C18H23NO5S2. The molecule has 0 saturated carbocycles. The van der Waals surface area contributed by atoms with Crippen LogP contribution in [0.3, 0.4) is 0 Å². The number of esters is 1. The fraction of sp³-hybridized carbons (Fsp3) is 0.500. The molecule has 0 radical (unpaired) electrons. The first kappa shape index (κ1) is 20.6. The Labute approximate surface area is 161 Å². The molecular weight excluding hydrogens is 374 g/mol. The zero-order valence-corrected chi connectivity index (χ0v) is 16.9. The highest BCUT2D eigenvalue weighted by Gasteiger charge is 2.47. The molecule has 1 aromatic rings. The second-order valence-electron chi connectivity index (χ2n) is 6.01. The molecule has 6 nitrogen and oxygen atoms in total. The van der Waals surface area contributed by atoms with E-state index in [1.807, 2.05) is 13.8 Å². The summed E-state index contributed by atoms with van der Waals surface area (Å²) in [6, 6.07) is 6.13. The molecule has 8 heteroatoms. The van der Waals surface area contributed by atoms with Crippen LogP contribution in [0.2, 0.25) is 0 Å². The Morgan fingerprint density at radius 3 is 2.62 bits per heavy atom. The lowest BCUT2D eigenvalue weighted by Gasteiger charge is -2.42. The minimum Gasteiger partial charge on any atom is -0.481 e. The average Bonchev–Trinajstić information content (AvgIpc) is 2.61. The standard InChI is InChI=1S/C18H23NO5S2/c1-5-6-12-23-14-7-9-15(10-8-14)24-26(21)19-11-13-25-18(2,3)16(19)17(20)22-4/h7-10,16H,11-13H2,1-4H3. The number of ether oxygens (including phenoxy) is 2. The largest absolute Gasteiger partial charge is 0.481 e. The number of carbonyl (C=O) groups is 1. The van der Waals surface area contributed by atoms with Gasteiger partial charge in [0.05, 0.1) is 7.11 Å². The van der Waals surface area contributed by atoms with Crippen LogP contribution in [0.4, 0.5) is 0 Å². The van der Waals surface area contributed by atoms with Crippen LogP contribution in [0.1, 0.15) is 20.8 Å². The summed E-state index contributed by atoms with van der Waals surface area (Å²) in [5.74, 6) is 6.97. The van der Waals surface area contributed by atoms with E-state index >= 15 is 0 Å². The number of nitrogens with zero attached hydrogens (tertiary/aromatic N) is 1. The van der Waals surface area contributed by atoms with Gasteiger partial charge in [0.25, 0.3) is 11.3 Å². The SMILES string of the molecule is CC#CCOc1ccc(OS(=O)N2CCSC(C)(C)C2C(=O)OC)cc1. The summed E-state index contributed by atoms with van der Waals surface area (Å²) in [7, 11) is 1.33. The Hall–Kier alpha value is -1.69. The van der Waals surface area contributed by atoms with Gasteiger partial charge in [-0.15, -0.1) is 5.92 Å². The monoisotopic (exact) mass is 397 g/mol. The van der Waals surface area contributed by atoms with Crippen molar-refractivity contribution in [2.45, 2.75) is 31.6 Å². The van der Waals surface area contributed by atoms with Crippen LogP contribution in [0.25, 0.3) is 0 Å². The van der Waals surface area contributed by atoms with Gasteiger partial charge in [0.1, 0.15) is 24.1 Å². The van der Waals surface area contributed by atoms with Crippen molar-refractivity contribution in [3.8, 4) is 23.3 Å². The molecule has 0 N–H and O–H groups in total. The van der Waals surface area contributed by atoms with Crippen LogP contribution >= 0.6 is 11.8 Å². The summed E-state index contributed by atoms with van der Waals surface area (Å²) in [6.07, 6.45) is 0. The molecule has 2 atom stereocenters. The summed E-state index contributed by atoms with van der Waals surface area (Å²) in [6.45, 7) is 6.40. The first-order valence-corrected chi connectivity index (χ1v) is 10.1. The normalized spacial score (nSPS) is 20.4. The maximum atomic E-state index is 12.7. The van der Waals surface area contributed by atoms with E-state index in [0.29, 0.717) is 24.7 Å². The van der Waals surface area contributed by atoms with Gasteiger partial charge in [0.2, 0.25) is 0 Å². The minimum atomic E-state index is -1.81. The summed E-state index contributed by atoms with van der Waals surface area (Å²) in [5.41, 5.74) is 0. The summed E-state index contributed by atoms with van der Waals surface area (Å²) >= 11 is -0.163. The van der Waals surface area contributed by atoms with Gasteiger partial charge in [-0.2, -0.15) is 20.3 Å². The number of rotatable bonds is 6. The van der Waals surface area contributed by atoms with Crippen molar-refractivity contribution in [1.82, 2.24) is 4.31 Å². The van der Waals surface area contributed by atoms with Crippen molar-refractivity contribution in [1.29, 1.82) is 0 Å². The van der Waals surface area contributed by atoms with Gasteiger partial charge in [0, 0.05) is 17.0 Å². The van der Waals surface area contributed by atoms with Crippen LogP contribution in [-0.4, -0.2) is 51.3 Å². The van der Waals surface area contributed by atoms with Crippen molar-refractivity contribution in [3.05, 3.63) is 24.3 Å². The van der Waals surface area contributed by atoms with E-state index in [9.17, 15) is 9.00 Å². The van der Waals surface area contributed by atoms with E-state index in [-0.39, 0.29) is 0 Å². The van der Waals surface area contributed by atoms with Crippen LogP contribution in [0.15, 0.2) is 24.3 Å². The molecule has 0 amide bonds. The van der Waals surface area contributed by atoms with Gasteiger partial charge < -0.3 is 13.7 Å². The summed E-state index contributed by atoms with van der Waals surface area (Å²) < 4.78 is 29.7.